The maximum atomic E-state index is 11.9. The highest BCUT2D eigenvalue weighted by Gasteiger charge is 2.23. The van der Waals surface area contributed by atoms with Crippen LogP contribution in [0.1, 0.15) is 36.1 Å². The molecule has 1 aliphatic heterocycles. The number of ether oxygens (including phenoxy) is 1. The summed E-state index contributed by atoms with van der Waals surface area (Å²) in [7, 11) is 0. The zero-order valence-corrected chi connectivity index (χ0v) is 16.8. The molecule has 0 saturated carbocycles. The highest BCUT2D eigenvalue weighted by atomic mass is 35.5. The lowest BCUT2D eigenvalue weighted by Crippen LogP contribution is -2.18. The van der Waals surface area contributed by atoms with Crippen LogP contribution in [-0.4, -0.2) is 29.1 Å². The molecule has 0 radical (unpaired) electrons. The third-order valence-corrected chi connectivity index (χ3v) is 4.99. The summed E-state index contributed by atoms with van der Waals surface area (Å²) in [5.74, 6) is -0.495. The van der Waals surface area contributed by atoms with Gasteiger partial charge in [-0.05, 0) is 62.4 Å². The van der Waals surface area contributed by atoms with Crippen molar-refractivity contribution in [3.63, 3.8) is 0 Å². The molecule has 0 aliphatic carbocycles. The van der Waals surface area contributed by atoms with E-state index >= 15 is 0 Å². The fraction of sp³-hybridized carbons (Fsp3) is 0.261. The molecule has 2 aromatic carbocycles. The van der Waals surface area contributed by atoms with Crippen LogP contribution in [0.15, 0.2) is 60.8 Å². The molecule has 0 fully saturated rings. The van der Waals surface area contributed by atoms with Crippen LogP contribution >= 0.6 is 11.6 Å². The van der Waals surface area contributed by atoms with E-state index in [9.17, 15) is 9.90 Å². The molecule has 1 aliphatic rings. The molecule has 0 saturated heterocycles. The Bertz CT molecular complexity index is 903. The van der Waals surface area contributed by atoms with Crippen molar-refractivity contribution in [1.29, 1.82) is 0 Å². The third-order valence-electron chi connectivity index (χ3n) is 4.74. The summed E-state index contributed by atoms with van der Waals surface area (Å²) in [6.45, 7) is 6.05. The minimum Gasteiger partial charge on any atom is -0.478 e. The van der Waals surface area contributed by atoms with Crippen LogP contribution in [0.25, 0.3) is 5.57 Å². The van der Waals surface area contributed by atoms with Crippen molar-refractivity contribution in [2.45, 2.75) is 26.4 Å². The van der Waals surface area contributed by atoms with Crippen molar-refractivity contribution in [2.24, 2.45) is 0 Å². The van der Waals surface area contributed by atoms with Crippen LogP contribution in [0.2, 0.25) is 5.02 Å². The topological polar surface area (TPSA) is 49.8 Å². The number of aryl methyl sites for hydroxylation is 1. The van der Waals surface area contributed by atoms with Gasteiger partial charge in [0.25, 0.3) is 0 Å². The zero-order chi connectivity index (χ0) is 20.1. The third kappa shape index (κ3) is 4.76. The van der Waals surface area contributed by atoms with Gasteiger partial charge in [0.15, 0.2) is 0 Å². The van der Waals surface area contributed by atoms with Crippen molar-refractivity contribution in [3.05, 3.63) is 82.5 Å². The molecular formula is C23H24ClNO3. The van der Waals surface area contributed by atoms with Gasteiger partial charge in [-0.15, -0.1) is 0 Å². The first kappa shape index (κ1) is 20.0. The first-order valence-electron chi connectivity index (χ1n) is 9.36. The predicted molar refractivity (Wildman–Crippen MR) is 113 cm³/mol. The number of carbonyl (C=O) groups is 1. The molecule has 3 rings (SSSR count). The van der Waals surface area contributed by atoms with Crippen molar-refractivity contribution >= 4 is 23.1 Å². The molecule has 2 aromatic rings. The molecule has 1 N–H and O–H groups in total. The molecule has 0 bridgehead atoms. The summed E-state index contributed by atoms with van der Waals surface area (Å²) in [5.41, 5.74) is 3.57. The Hall–Kier alpha value is -2.72. The monoisotopic (exact) mass is 397 g/mol. The van der Waals surface area contributed by atoms with E-state index in [2.05, 4.69) is 30.2 Å². The smallest absolute Gasteiger partial charge is 0.349 e. The number of hydrogen-bond acceptors (Lipinski definition) is 3. The fourth-order valence-corrected chi connectivity index (χ4v) is 3.30. The molecule has 4 nitrogen and oxygen atoms in total. The molecule has 0 aromatic heterocycles. The number of carboxylic acid groups (broad SMARTS) is 1. The van der Waals surface area contributed by atoms with E-state index < -0.39 is 12.1 Å². The number of hydrogen-bond donors (Lipinski definition) is 1. The molecule has 146 valence electrons. The van der Waals surface area contributed by atoms with Crippen LogP contribution < -0.4 is 4.74 Å². The Morgan fingerprint density at radius 3 is 2.68 bits per heavy atom. The van der Waals surface area contributed by atoms with E-state index in [1.54, 1.807) is 24.3 Å². The summed E-state index contributed by atoms with van der Waals surface area (Å²) in [4.78, 5) is 14.1. The van der Waals surface area contributed by atoms with Crippen LogP contribution in [-0.2, 0) is 4.79 Å². The molecule has 5 heteroatoms. The van der Waals surface area contributed by atoms with Gasteiger partial charge in [0, 0.05) is 29.2 Å². The van der Waals surface area contributed by atoms with Crippen LogP contribution in [0.3, 0.4) is 0 Å². The highest BCUT2D eigenvalue weighted by molar-refractivity contribution is 6.30. The van der Waals surface area contributed by atoms with Gasteiger partial charge < -0.3 is 14.7 Å². The van der Waals surface area contributed by atoms with Gasteiger partial charge in [0.1, 0.15) is 5.75 Å². The standard InChI is InChI=1S/C23H24ClNO3/c1-3-25-13-4-5-17(12-14-25)20-15-16(2)6-11-21(20)28-22(23(26)27)18-7-9-19(24)10-8-18/h5-12,14-15,22H,3-4,13H2,1-2H3,(H,26,27). The maximum Gasteiger partial charge on any atom is 0.349 e. The molecule has 0 amide bonds. The molecule has 1 atom stereocenters. The Balaban J connectivity index is 1.96. The van der Waals surface area contributed by atoms with Crippen LogP contribution in [0.5, 0.6) is 5.75 Å². The second kappa shape index (κ2) is 8.98. The highest BCUT2D eigenvalue weighted by Crippen LogP contribution is 2.33. The number of aliphatic carboxylic acids is 1. The van der Waals surface area contributed by atoms with Gasteiger partial charge in [0.05, 0.1) is 0 Å². The first-order valence-corrected chi connectivity index (χ1v) is 9.74. The Morgan fingerprint density at radius 1 is 1.25 bits per heavy atom. The Morgan fingerprint density at radius 2 is 2.00 bits per heavy atom. The average molecular weight is 398 g/mol. The van der Waals surface area contributed by atoms with Crippen molar-refractivity contribution < 1.29 is 14.6 Å². The number of halogens is 1. The SMILES string of the molecule is CCN1C=CC(c2cc(C)ccc2OC(C(=O)O)c2ccc(Cl)cc2)=CCC1. The number of carboxylic acids is 1. The predicted octanol–water partition coefficient (Wildman–Crippen LogP) is 5.48. The second-order valence-electron chi connectivity index (χ2n) is 6.78. The summed E-state index contributed by atoms with van der Waals surface area (Å²) in [5, 5.41) is 10.3. The number of rotatable bonds is 6. The van der Waals surface area contributed by atoms with E-state index in [-0.39, 0.29) is 0 Å². The molecule has 28 heavy (non-hydrogen) atoms. The van der Waals surface area contributed by atoms with E-state index in [1.807, 2.05) is 25.1 Å². The Kier molecular flexibility index (Phi) is 6.42. The van der Waals surface area contributed by atoms with E-state index in [0.29, 0.717) is 16.3 Å². The second-order valence-corrected chi connectivity index (χ2v) is 7.22. The summed E-state index contributed by atoms with van der Waals surface area (Å²) >= 11 is 5.93. The molecule has 1 unspecified atom stereocenters. The molecule has 1 heterocycles. The van der Waals surface area contributed by atoms with Crippen molar-refractivity contribution in [1.82, 2.24) is 4.90 Å². The number of nitrogens with zero attached hydrogens (tertiary/aromatic N) is 1. The van der Waals surface area contributed by atoms with Crippen molar-refractivity contribution in [2.75, 3.05) is 13.1 Å². The maximum absolute atomic E-state index is 11.9. The van der Waals surface area contributed by atoms with Gasteiger partial charge in [0.2, 0.25) is 6.10 Å². The minimum absolute atomic E-state index is 0.547. The van der Waals surface area contributed by atoms with Gasteiger partial charge in [-0.1, -0.05) is 41.4 Å². The fourth-order valence-electron chi connectivity index (χ4n) is 3.18. The summed E-state index contributed by atoms with van der Waals surface area (Å²) in [6.07, 6.45) is 6.13. The normalized spacial score (nSPS) is 15.0. The molecule has 0 spiro atoms. The van der Waals surface area contributed by atoms with Crippen LogP contribution in [0, 0.1) is 6.92 Å². The van der Waals surface area contributed by atoms with Gasteiger partial charge in [-0.2, -0.15) is 0 Å². The lowest BCUT2D eigenvalue weighted by atomic mass is 10.0. The lowest BCUT2D eigenvalue weighted by molar-refractivity contribution is -0.145. The average Bonchev–Trinajstić information content (AvgIpc) is 2.93. The largest absolute Gasteiger partial charge is 0.478 e. The molecular weight excluding hydrogens is 374 g/mol. The van der Waals surface area contributed by atoms with E-state index in [0.717, 1.165) is 36.2 Å². The Labute approximate surface area is 170 Å². The zero-order valence-electron chi connectivity index (χ0n) is 16.1. The van der Waals surface area contributed by atoms with Gasteiger partial charge >= 0.3 is 5.97 Å². The van der Waals surface area contributed by atoms with Crippen molar-refractivity contribution in [3.8, 4) is 5.75 Å². The summed E-state index contributed by atoms with van der Waals surface area (Å²) < 4.78 is 6.00. The summed E-state index contributed by atoms with van der Waals surface area (Å²) in [6, 6.07) is 12.5. The first-order chi connectivity index (χ1) is 13.5. The van der Waals surface area contributed by atoms with E-state index in [1.165, 1.54) is 0 Å². The van der Waals surface area contributed by atoms with Gasteiger partial charge in [-0.25, -0.2) is 4.79 Å². The quantitative estimate of drug-likeness (QED) is 0.701. The number of allylic oxidation sites excluding steroid dienone is 2. The van der Waals surface area contributed by atoms with E-state index in [4.69, 9.17) is 16.3 Å². The minimum atomic E-state index is -1.11. The lowest BCUT2D eigenvalue weighted by Gasteiger charge is -2.19. The van der Waals surface area contributed by atoms with Gasteiger partial charge in [-0.3, -0.25) is 0 Å². The number of benzene rings is 2. The van der Waals surface area contributed by atoms with Crippen LogP contribution in [0.4, 0.5) is 0 Å².